The molecule has 2 N–H and O–H groups in total. The number of benzene rings is 1. The molecule has 0 amide bonds. The summed E-state index contributed by atoms with van der Waals surface area (Å²) in [4.78, 5) is 2.23. The van der Waals surface area contributed by atoms with Crippen molar-refractivity contribution in [2.24, 2.45) is 0 Å². The number of rotatable bonds is 4. The summed E-state index contributed by atoms with van der Waals surface area (Å²) in [5, 5.41) is 8.94. The van der Waals surface area contributed by atoms with Crippen LogP contribution in [0.15, 0.2) is 18.2 Å². The monoisotopic (exact) mass is 217 g/mol. The van der Waals surface area contributed by atoms with Gasteiger partial charge in [0.25, 0.3) is 0 Å². The second-order valence-electron chi connectivity index (χ2n) is 4.14. The lowest BCUT2D eigenvalue weighted by Gasteiger charge is -2.30. The molecule has 0 atom stereocenters. The Morgan fingerprint density at radius 1 is 1.44 bits per heavy atom. The molecule has 0 spiro atoms. The van der Waals surface area contributed by atoms with Gasteiger partial charge >= 0.3 is 0 Å². The second kappa shape index (κ2) is 5.41. The average Bonchev–Trinajstić information content (AvgIpc) is 2.26. The molecule has 0 aromatic heterocycles. The van der Waals surface area contributed by atoms with E-state index < -0.39 is 0 Å². The molecule has 0 saturated heterocycles. The lowest BCUT2D eigenvalue weighted by Crippen LogP contribution is -2.32. The van der Waals surface area contributed by atoms with E-state index >= 15 is 0 Å². The van der Waals surface area contributed by atoms with Crippen LogP contribution in [0.2, 0.25) is 0 Å². The predicted molar refractivity (Wildman–Crippen MR) is 68.3 cm³/mol. The zero-order valence-electron chi connectivity index (χ0n) is 10.2. The summed E-state index contributed by atoms with van der Waals surface area (Å²) in [6.45, 7) is 7.36. The first-order valence-electron chi connectivity index (χ1n) is 5.67. The van der Waals surface area contributed by atoms with Gasteiger partial charge < -0.3 is 10.6 Å². The quantitative estimate of drug-likeness (QED) is 0.789. The van der Waals surface area contributed by atoms with E-state index in [4.69, 9.17) is 11.0 Å². The van der Waals surface area contributed by atoms with Gasteiger partial charge in [0.15, 0.2) is 0 Å². The van der Waals surface area contributed by atoms with Gasteiger partial charge in [-0.05, 0) is 32.4 Å². The molecule has 1 aromatic carbocycles. The van der Waals surface area contributed by atoms with Crippen molar-refractivity contribution in [3.8, 4) is 6.07 Å². The van der Waals surface area contributed by atoms with Gasteiger partial charge in [0.1, 0.15) is 6.07 Å². The maximum atomic E-state index is 8.94. The molecule has 0 heterocycles. The maximum absolute atomic E-state index is 8.94. The van der Waals surface area contributed by atoms with Crippen LogP contribution in [0.5, 0.6) is 0 Å². The molecular formula is C13H19N3. The van der Waals surface area contributed by atoms with Gasteiger partial charge in [0.2, 0.25) is 0 Å². The zero-order chi connectivity index (χ0) is 12.1. The molecule has 16 heavy (non-hydrogen) atoms. The van der Waals surface area contributed by atoms with Crippen LogP contribution in [0.1, 0.15) is 32.8 Å². The van der Waals surface area contributed by atoms with Crippen molar-refractivity contribution in [2.45, 2.75) is 33.2 Å². The SMILES string of the molecule is CCCN(c1cccc(C#N)c1N)C(C)C. The van der Waals surface area contributed by atoms with E-state index in [2.05, 4.69) is 31.7 Å². The largest absolute Gasteiger partial charge is 0.396 e. The Balaban J connectivity index is 3.15. The first kappa shape index (κ1) is 12.4. The Kier molecular flexibility index (Phi) is 4.19. The highest BCUT2D eigenvalue weighted by molar-refractivity contribution is 5.74. The third kappa shape index (κ3) is 2.46. The Bertz CT molecular complexity index is 391. The van der Waals surface area contributed by atoms with Gasteiger partial charge in [0.05, 0.1) is 16.9 Å². The molecular weight excluding hydrogens is 198 g/mol. The van der Waals surface area contributed by atoms with Crippen LogP contribution < -0.4 is 10.6 Å². The minimum absolute atomic E-state index is 0.385. The molecule has 0 aliphatic heterocycles. The lowest BCUT2D eigenvalue weighted by molar-refractivity contribution is 0.672. The minimum Gasteiger partial charge on any atom is -0.396 e. The number of hydrogen-bond donors (Lipinski definition) is 1. The van der Waals surface area contributed by atoms with Gasteiger partial charge in [-0.3, -0.25) is 0 Å². The van der Waals surface area contributed by atoms with Gasteiger partial charge in [0, 0.05) is 12.6 Å². The summed E-state index contributed by atoms with van der Waals surface area (Å²) in [6, 6.07) is 8.12. The Morgan fingerprint density at radius 2 is 2.12 bits per heavy atom. The van der Waals surface area contributed by atoms with E-state index in [1.807, 2.05) is 12.1 Å². The molecule has 0 radical (unpaired) electrons. The van der Waals surface area contributed by atoms with E-state index in [1.54, 1.807) is 6.07 Å². The minimum atomic E-state index is 0.385. The first-order chi connectivity index (χ1) is 7.61. The average molecular weight is 217 g/mol. The van der Waals surface area contributed by atoms with Gasteiger partial charge in [-0.1, -0.05) is 13.0 Å². The smallest absolute Gasteiger partial charge is 0.101 e. The summed E-state index contributed by atoms with van der Waals surface area (Å²) in [5.41, 5.74) is 8.11. The van der Waals surface area contributed by atoms with Crippen LogP contribution in [-0.4, -0.2) is 12.6 Å². The molecule has 0 aliphatic rings. The summed E-state index contributed by atoms with van der Waals surface area (Å²) in [7, 11) is 0. The fourth-order valence-corrected chi connectivity index (χ4v) is 1.80. The molecule has 0 unspecified atom stereocenters. The molecule has 86 valence electrons. The molecule has 1 rings (SSSR count). The standard InChI is InChI=1S/C13H19N3/c1-4-8-16(10(2)3)12-7-5-6-11(9-14)13(12)15/h5-7,10H,4,8,15H2,1-3H3. The van der Waals surface area contributed by atoms with Crippen molar-refractivity contribution in [3.63, 3.8) is 0 Å². The summed E-state index contributed by atoms with van der Waals surface area (Å²) in [6.07, 6.45) is 1.06. The van der Waals surface area contributed by atoms with Crippen LogP contribution in [0.25, 0.3) is 0 Å². The maximum Gasteiger partial charge on any atom is 0.101 e. The Hall–Kier alpha value is -1.69. The zero-order valence-corrected chi connectivity index (χ0v) is 10.2. The fraction of sp³-hybridized carbons (Fsp3) is 0.462. The van der Waals surface area contributed by atoms with Crippen molar-refractivity contribution in [1.82, 2.24) is 0 Å². The predicted octanol–water partition coefficient (Wildman–Crippen LogP) is 2.77. The second-order valence-corrected chi connectivity index (χ2v) is 4.14. The highest BCUT2D eigenvalue weighted by atomic mass is 15.2. The lowest BCUT2D eigenvalue weighted by atomic mass is 10.1. The highest BCUT2D eigenvalue weighted by Crippen LogP contribution is 2.27. The number of para-hydroxylation sites is 1. The van der Waals surface area contributed by atoms with Gasteiger partial charge in [-0.2, -0.15) is 5.26 Å². The van der Waals surface area contributed by atoms with Crippen molar-refractivity contribution in [2.75, 3.05) is 17.2 Å². The summed E-state index contributed by atoms with van der Waals surface area (Å²) >= 11 is 0. The summed E-state index contributed by atoms with van der Waals surface area (Å²) < 4.78 is 0. The number of hydrogen-bond acceptors (Lipinski definition) is 3. The van der Waals surface area contributed by atoms with Crippen LogP contribution >= 0.6 is 0 Å². The Morgan fingerprint density at radius 3 is 2.62 bits per heavy atom. The summed E-state index contributed by atoms with van der Waals surface area (Å²) in [5.74, 6) is 0. The number of anilines is 2. The highest BCUT2D eigenvalue weighted by Gasteiger charge is 2.14. The number of nitriles is 1. The molecule has 0 saturated carbocycles. The van der Waals surface area contributed by atoms with E-state index in [1.165, 1.54) is 0 Å². The molecule has 3 nitrogen and oxygen atoms in total. The van der Waals surface area contributed by atoms with Crippen LogP contribution in [0.4, 0.5) is 11.4 Å². The molecule has 0 fully saturated rings. The molecule has 1 aromatic rings. The van der Waals surface area contributed by atoms with Gasteiger partial charge in [-0.15, -0.1) is 0 Å². The van der Waals surface area contributed by atoms with Crippen LogP contribution in [0.3, 0.4) is 0 Å². The fourth-order valence-electron chi connectivity index (χ4n) is 1.80. The molecule has 3 heteroatoms. The number of nitrogen functional groups attached to an aromatic ring is 1. The number of nitrogens with two attached hydrogens (primary N) is 1. The topological polar surface area (TPSA) is 53.0 Å². The first-order valence-corrected chi connectivity index (χ1v) is 5.67. The third-order valence-electron chi connectivity index (χ3n) is 2.60. The van der Waals surface area contributed by atoms with Gasteiger partial charge in [-0.25, -0.2) is 0 Å². The molecule has 0 aliphatic carbocycles. The van der Waals surface area contributed by atoms with E-state index in [-0.39, 0.29) is 0 Å². The molecule has 0 bridgehead atoms. The number of nitrogens with zero attached hydrogens (tertiary/aromatic N) is 2. The van der Waals surface area contributed by atoms with E-state index in [0.29, 0.717) is 17.3 Å². The van der Waals surface area contributed by atoms with E-state index in [9.17, 15) is 0 Å². The van der Waals surface area contributed by atoms with E-state index in [0.717, 1.165) is 18.7 Å². The normalized spacial score (nSPS) is 10.2. The van der Waals surface area contributed by atoms with Crippen molar-refractivity contribution < 1.29 is 0 Å². The van der Waals surface area contributed by atoms with Crippen LogP contribution in [0, 0.1) is 11.3 Å². The third-order valence-corrected chi connectivity index (χ3v) is 2.60. The van der Waals surface area contributed by atoms with Crippen molar-refractivity contribution >= 4 is 11.4 Å². The van der Waals surface area contributed by atoms with Crippen molar-refractivity contribution in [1.29, 1.82) is 5.26 Å². The van der Waals surface area contributed by atoms with Crippen molar-refractivity contribution in [3.05, 3.63) is 23.8 Å². The Labute approximate surface area is 97.5 Å². The van der Waals surface area contributed by atoms with Crippen LogP contribution in [-0.2, 0) is 0 Å².